The van der Waals surface area contributed by atoms with Crippen molar-refractivity contribution in [3.8, 4) is 0 Å². The van der Waals surface area contributed by atoms with Gasteiger partial charge >= 0.3 is 5.97 Å². The van der Waals surface area contributed by atoms with Crippen LogP contribution in [0.15, 0.2) is 48.7 Å². The van der Waals surface area contributed by atoms with E-state index in [4.69, 9.17) is 5.11 Å². The molecule has 114 valence electrons. The molecule has 0 radical (unpaired) electrons. The molecule has 5 nitrogen and oxygen atoms in total. The van der Waals surface area contributed by atoms with Crippen LogP contribution in [0.1, 0.15) is 23.2 Å². The molecule has 2 heterocycles. The molecule has 1 aromatic heterocycles. The van der Waals surface area contributed by atoms with Gasteiger partial charge in [-0.25, -0.2) is 9.78 Å². The van der Waals surface area contributed by atoms with E-state index in [2.05, 4.69) is 15.2 Å². The van der Waals surface area contributed by atoms with Gasteiger partial charge in [-0.2, -0.15) is 0 Å². The second-order valence-corrected chi connectivity index (χ2v) is 5.48. The first-order valence-corrected chi connectivity index (χ1v) is 7.48. The number of nitrogens with one attached hydrogen (secondary N) is 1. The van der Waals surface area contributed by atoms with E-state index < -0.39 is 5.97 Å². The van der Waals surface area contributed by atoms with Gasteiger partial charge < -0.3 is 15.3 Å². The summed E-state index contributed by atoms with van der Waals surface area (Å²) in [6.45, 7) is 1.90. The zero-order chi connectivity index (χ0) is 15.4. The maximum atomic E-state index is 11.0. The first-order chi connectivity index (χ1) is 10.7. The molecule has 22 heavy (non-hydrogen) atoms. The van der Waals surface area contributed by atoms with Gasteiger partial charge in [0, 0.05) is 31.0 Å². The van der Waals surface area contributed by atoms with Crippen LogP contribution in [0.3, 0.4) is 0 Å². The van der Waals surface area contributed by atoms with E-state index in [0.29, 0.717) is 11.6 Å². The lowest BCUT2D eigenvalue weighted by molar-refractivity contribution is 0.0697. The summed E-state index contributed by atoms with van der Waals surface area (Å²) in [5.41, 5.74) is 1.19. The zero-order valence-corrected chi connectivity index (χ0v) is 12.3. The quantitative estimate of drug-likeness (QED) is 0.908. The van der Waals surface area contributed by atoms with Crippen LogP contribution >= 0.6 is 0 Å². The molecule has 1 saturated heterocycles. The minimum atomic E-state index is -0.895. The number of carbonyl (C=O) groups is 1. The highest BCUT2D eigenvalue weighted by molar-refractivity contribution is 5.88. The Hall–Kier alpha value is -2.56. The maximum Gasteiger partial charge on any atom is 0.335 e. The molecule has 1 aromatic carbocycles. The Labute approximate surface area is 129 Å². The van der Waals surface area contributed by atoms with Gasteiger partial charge in [-0.15, -0.1) is 0 Å². The van der Waals surface area contributed by atoms with Crippen molar-refractivity contribution in [1.29, 1.82) is 0 Å². The Bertz CT molecular complexity index is 637. The summed E-state index contributed by atoms with van der Waals surface area (Å²) in [5, 5.41) is 12.5. The molecule has 0 unspecified atom stereocenters. The van der Waals surface area contributed by atoms with Gasteiger partial charge in [-0.05, 0) is 43.2 Å². The van der Waals surface area contributed by atoms with Crippen molar-refractivity contribution in [3.05, 3.63) is 54.2 Å². The number of benzene rings is 1. The number of rotatable bonds is 4. The highest BCUT2D eigenvalue weighted by atomic mass is 16.4. The van der Waals surface area contributed by atoms with Crippen LogP contribution in [0, 0.1) is 0 Å². The molecule has 1 aliphatic heterocycles. The van der Waals surface area contributed by atoms with E-state index in [-0.39, 0.29) is 0 Å². The number of carboxylic acids is 1. The third kappa shape index (κ3) is 3.36. The van der Waals surface area contributed by atoms with Crippen LogP contribution in [-0.4, -0.2) is 35.2 Å². The maximum absolute atomic E-state index is 11.0. The van der Waals surface area contributed by atoms with Gasteiger partial charge in [-0.3, -0.25) is 0 Å². The Morgan fingerprint density at radius 1 is 1.18 bits per heavy atom. The van der Waals surface area contributed by atoms with Gasteiger partial charge in [0.05, 0.1) is 5.56 Å². The fourth-order valence-corrected chi connectivity index (χ4v) is 2.77. The zero-order valence-electron chi connectivity index (χ0n) is 12.3. The van der Waals surface area contributed by atoms with Crippen LogP contribution in [-0.2, 0) is 0 Å². The normalized spacial score (nSPS) is 15.5. The summed E-state index contributed by atoms with van der Waals surface area (Å²) < 4.78 is 0. The fourth-order valence-electron chi connectivity index (χ4n) is 2.77. The average molecular weight is 297 g/mol. The molecule has 0 atom stereocenters. The van der Waals surface area contributed by atoms with Gasteiger partial charge in [0.25, 0.3) is 0 Å². The molecule has 0 amide bonds. The number of hydrogen-bond donors (Lipinski definition) is 2. The van der Waals surface area contributed by atoms with E-state index in [1.54, 1.807) is 18.2 Å². The Balaban J connectivity index is 1.58. The molecule has 1 fully saturated rings. The summed E-state index contributed by atoms with van der Waals surface area (Å²) in [7, 11) is 0. The molecular weight excluding hydrogens is 278 g/mol. The van der Waals surface area contributed by atoms with Crippen molar-refractivity contribution in [2.24, 2.45) is 0 Å². The summed E-state index contributed by atoms with van der Waals surface area (Å²) in [6.07, 6.45) is 3.83. The van der Waals surface area contributed by atoms with Crippen molar-refractivity contribution >= 4 is 17.5 Å². The lowest BCUT2D eigenvalue weighted by Gasteiger charge is -2.33. The van der Waals surface area contributed by atoms with E-state index in [0.717, 1.165) is 37.4 Å². The highest BCUT2D eigenvalue weighted by Gasteiger charge is 2.20. The van der Waals surface area contributed by atoms with Crippen molar-refractivity contribution in [2.45, 2.75) is 18.9 Å². The van der Waals surface area contributed by atoms with E-state index in [1.807, 2.05) is 30.5 Å². The standard InChI is InChI=1S/C17H19N3O2/c21-17(22)13-4-3-5-15(12-13)19-14-7-10-20(11-8-14)16-6-1-2-9-18-16/h1-6,9,12,14,19H,7-8,10-11H2,(H,21,22). The van der Waals surface area contributed by atoms with Crippen LogP contribution in [0.4, 0.5) is 11.5 Å². The lowest BCUT2D eigenvalue weighted by atomic mass is 10.0. The van der Waals surface area contributed by atoms with Crippen molar-refractivity contribution in [3.63, 3.8) is 0 Å². The Morgan fingerprint density at radius 2 is 2.00 bits per heavy atom. The number of carboxylic acid groups (broad SMARTS) is 1. The minimum Gasteiger partial charge on any atom is -0.478 e. The number of aromatic carboxylic acids is 1. The largest absolute Gasteiger partial charge is 0.478 e. The van der Waals surface area contributed by atoms with Crippen LogP contribution in [0.2, 0.25) is 0 Å². The lowest BCUT2D eigenvalue weighted by Crippen LogP contribution is -2.39. The Morgan fingerprint density at radius 3 is 2.68 bits per heavy atom. The number of hydrogen-bond acceptors (Lipinski definition) is 4. The summed E-state index contributed by atoms with van der Waals surface area (Å²) >= 11 is 0. The van der Waals surface area contributed by atoms with Crippen LogP contribution in [0.25, 0.3) is 0 Å². The molecule has 5 heteroatoms. The molecule has 0 spiro atoms. The van der Waals surface area contributed by atoms with Crippen molar-refractivity contribution in [2.75, 3.05) is 23.3 Å². The second kappa shape index (κ2) is 6.47. The summed E-state index contributed by atoms with van der Waals surface area (Å²) in [4.78, 5) is 17.7. The number of pyridine rings is 1. The minimum absolute atomic E-state index is 0.316. The second-order valence-electron chi connectivity index (χ2n) is 5.48. The van der Waals surface area contributed by atoms with Crippen molar-refractivity contribution in [1.82, 2.24) is 4.98 Å². The molecule has 0 saturated carbocycles. The number of anilines is 2. The van der Waals surface area contributed by atoms with Gasteiger partial charge in [0.1, 0.15) is 5.82 Å². The first kappa shape index (κ1) is 14.4. The molecule has 1 aliphatic rings. The predicted octanol–water partition coefficient (Wildman–Crippen LogP) is 2.86. The molecule has 2 N–H and O–H groups in total. The summed E-state index contributed by atoms with van der Waals surface area (Å²) in [5.74, 6) is 0.127. The SMILES string of the molecule is O=C(O)c1cccc(NC2CCN(c3ccccn3)CC2)c1. The third-order valence-electron chi connectivity index (χ3n) is 3.95. The molecule has 2 aromatic rings. The Kier molecular flexibility index (Phi) is 4.23. The molecule has 0 aliphatic carbocycles. The fraction of sp³-hybridized carbons (Fsp3) is 0.294. The predicted molar refractivity (Wildman–Crippen MR) is 86.5 cm³/mol. The van der Waals surface area contributed by atoms with Crippen molar-refractivity contribution < 1.29 is 9.90 Å². The van der Waals surface area contributed by atoms with Crippen LogP contribution < -0.4 is 10.2 Å². The molecule has 3 rings (SSSR count). The smallest absolute Gasteiger partial charge is 0.335 e. The van der Waals surface area contributed by atoms with E-state index >= 15 is 0 Å². The van der Waals surface area contributed by atoms with Gasteiger partial charge in [-0.1, -0.05) is 12.1 Å². The first-order valence-electron chi connectivity index (χ1n) is 7.48. The third-order valence-corrected chi connectivity index (χ3v) is 3.95. The number of piperidine rings is 1. The van der Waals surface area contributed by atoms with Crippen LogP contribution in [0.5, 0.6) is 0 Å². The summed E-state index contributed by atoms with van der Waals surface area (Å²) in [6, 6.07) is 13.3. The van der Waals surface area contributed by atoms with Gasteiger partial charge in [0.15, 0.2) is 0 Å². The van der Waals surface area contributed by atoms with E-state index in [1.165, 1.54) is 0 Å². The number of aromatic nitrogens is 1. The van der Waals surface area contributed by atoms with E-state index in [9.17, 15) is 4.79 Å². The molecular formula is C17H19N3O2. The highest BCUT2D eigenvalue weighted by Crippen LogP contribution is 2.21. The molecule has 0 bridgehead atoms. The van der Waals surface area contributed by atoms with Gasteiger partial charge in [0.2, 0.25) is 0 Å². The monoisotopic (exact) mass is 297 g/mol. The average Bonchev–Trinajstić information content (AvgIpc) is 2.56. The number of nitrogens with zero attached hydrogens (tertiary/aromatic N) is 2. The topological polar surface area (TPSA) is 65.5 Å².